The van der Waals surface area contributed by atoms with E-state index in [1.165, 1.54) is 49.7 Å². The summed E-state index contributed by atoms with van der Waals surface area (Å²) < 4.78 is 5.85. The summed E-state index contributed by atoms with van der Waals surface area (Å²) in [6, 6.07) is 9.04. The molecule has 2 nitrogen and oxygen atoms in total. The Balaban J connectivity index is 1.33. The molecule has 1 N–H and O–H groups in total. The standard InChI is InChI=1S/C17H25NO/c1-2-7-17(6-1)19-11-10-18-13-14-4-3-5-16(12-14)15-8-9-15/h3-5,12,15,17-18H,1-2,6-11,13H2. The average molecular weight is 259 g/mol. The van der Waals surface area contributed by atoms with E-state index in [-0.39, 0.29) is 0 Å². The third-order valence-electron chi connectivity index (χ3n) is 4.26. The number of hydrogen-bond donors (Lipinski definition) is 1. The molecule has 0 heterocycles. The van der Waals surface area contributed by atoms with E-state index in [0.717, 1.165) is 25.6 Å². The van der Waals surface area contributed by atoms with Crippen molar-refractivity contribution in [3.8, 4) is 0 Å². The van der Waals surface area contributed by atoms with Gasteiger partial charge < -0.3 is 10.1 Å². The summed E-state index contributed by atoms with van der Waals surface area (Å²) in [7, 11) is 0. The van der Waals surface area contributed by atoms with E-state index in [1.807, 2.05) is 0 Å². The molecular weight excluding hydrogens is 234 g/mol. The van der Waals surface area contributed by atoms with Crippen molar-refractivity contribution in [1.29, 1.82) is 0 Å². The average Bonchev–Trinajstić information content (AvgIpc) is 3.17. The summed E-state index contributed by atoms with van der Waals surface area (Å²) >= 11 is 0. The summed E-state index contributed by atoms with van der Waals surface area (Å²) in [4.78, 5) is 0. The SMILES string of the molecule is c1cc(CNCCOC2CCCC2)cc(C2CC2)c1. The van der Waals surface area contributed by atoms with Crippen LogP contribution in [0.4, 0.5) is 0 Å². The van der Waals surface area contributed by atoms with Crippen LogP contribution in [0.2, 0.25) is 0 Å². The summed E-state index contributed by atoms with van der Waals surface area (Å²) in [5.74, 6) is 0.852. The molecule has 1 aromatic rings. The van der Waals surface area contributed by atoms with E-state index >= 15 is 0 Å². The second-order valence-corrected chi connectivity index (χ2v) is 5.97. The van der Waals surface area contributed by atoms with Gasteiger partial charge in [-0.15, -0.1) is 0 Å². The zero-order valence-electron chi connectivity index (χ0n) is 11.7. The second kappa shape index (κ2) is 6.53. The summed E-state index contributed by atoms with van der Waals surface area (Å²) in [6.07, 6.45) is 8.54. The molecule has 0 atom stereocenters. The first-order valence-corrected chi connectivity index (χ1v) is 7.83. The lowest BCUT2D eigenvalue weighted by Gasteiger charge is -2.11. The topological polar surface area (TPSA) is 21.3 Å². The highest BCUT2D eigenvalue weighted by Crippen LogP contribution is 2.40. The van der Waals surface area contributed by atoms with Gasteiger partial charge in [0.15, 0.2) is 0 Å². The third-order valence-corrected chi connectivity index (χ3v) is 4.26. The molecule has 2 aliphatic carbocycles. The van der Waals surface area contributed by atoms with Crippen LogP contribution in [-0.4, -0.2) is 19.3 Å². The van der Waals surface area contributed by atoms with Crippen molar-refractivity contribution >= 4 is 0 Å². The zero-order valence-corrected chi connectivity index (χ0v) is 11.7. The van der Waals surface area contributed by atoms with Crippen LogP contribution in [0.1, 0.15) is 55.6 Å². The molecule has 1 aromatic carbocycles. The largest absolute Gasteiger partial charge is 0.377 e. The molecule has 0 spiro atoms. The van der Waals surface area contributed by atoms with E-state index in [0.29, 0.717) is 6.10 Å². The molecule has 2 fully saturated rings. The Hall–Kier alpha value is -0.860. The predicted molar refractivity (Wildman–Crippen MR) is 78.3 cm³/mol. The molecule has 0 aromatic heterocycles. The van der Waals surface area contributed by atoms with Gasteiger partial charge in [-0.3, -0.25) is 0 Å². The fraction of sp³-hybridized carbons (Fsp3) is 0.647. The van der Waals surface area contributed by atoms with Gasteiger partial charge in [0.1, 0.15) is 0 Å². The van der Waals surface area contributed by atoms with Crippen LogP contribution in [0.3, 0.4) is 0 Å². The Morgan fingerprint density at radius 1 is 1.11 bits per heavy atom. The van der Waals surface area contributed by atoms with Crippen LogP contribution in [-0.2, 0) is 11.3 Å². The first-order chi connectivity index (χ1) is 9.42. The first-order valence-electron chi connectivity index (χ1n) is 7.83. The summed E-state index contributed by atoms with van der Waals surface area (Å²) in [5.41, 5.74) is 2.94. The number of rotatable bonds is 7. The van der Waals surface area contributed by atoms with Crippen LogP contribution in [0, 0.1) is 0 Å². The smallest absolute Gasteiger partial charge is 0.0594 e. The Bertz CT molecular complexity index is 394. The molecule has 2 heteroatoms. The van der Waals surface area contributed by atoms with Gasteiger partial charge in [-0.05, 0) is 42.7 Å². The van der Waals surface area contributed by atoms with Crippen molar-refractivity contribution in [3.63, 3.8) is 0 Å². The molecule has 2 saturated carbocycles. The highest BCUT2D eigenvalue weighted by atomic mass is 16.5. The van der Waals surface area contributed by atoms with Crippen LogP contribution < -0.4 is 5.32 Å². The van der Waals surface area contributed by atoms with E-state index in [4.69, 9.17) is 4.74 Å². The second-order valence-electron chi connectivity index (χ2n) is 5.97. The van der Waals surface area contributed by atoms with Crippen LogP contribution in [0.25, 0.3) is 0 Å². The first kappa shape index (κ1) is 13.1. The Kier molecular flexibility index (Phi) is 4.52. The number of ether oxygens (including phenoxy) is 1. The van der Waals surface area contributed by atoms with Crippen LogP contribution in [0.5, 0.6) is 0 Å². The molecule has 3 rings (SSSR count). The third kappa shape index (κ3) is 4.05. The van der Waals surface area contributed by atoms with Gasteiger partial charge in [-0.1, -0.05) is 37.1 Å². The molecular formula is C17H25NO. The van der Waals surface area contributed by atoms with Crippen molar-refractivity contribution in [2.45, 2.75) is 57.1 Å². The molecule has 0 amide bonds. The number of benzene rings is 1. The van der Waals surface area contributed by atoms with E-state index in [9.17, 15) is 0 Å². The quantitative estimate of drug-likeness (QED) is 0.755. The number of hydrogen-bond acceptors (Lipinski definition) is 2. The maximum atomic E-state index is 5.85. The molecule has 104 valence electrons. The van der Waals surface area contributed by atoms with Gasteiger partial charge in [-0.2, -0.15) is 0 Å². The molecule has 0 saturated heterocycles. The lowest BCUT2D eigenvalue weighted by Crippen LogP contribution is -2.21. The van der Waals surface area contributed by atoms with Crippen molar-refractivity contribution in [2.24, 2.45) is 0 Å². The van der Waals surface area contributed by atoms with Gasteiger partial charge in [0, 0.05) is 13.1 Å². The highest BCUT2D eigenvalue weighted by molar-refractivity contribution is 5.29. The zero-order chi connectivity index (χ0) is 12.9. The minimum atomic E-state index is 0.542. The van der Waals surface area contributed by atoms with Gasteiger partial charge in [-0.25, -0.2) is 0 Å². The lowest BCUT2D eigenvalue weighted by molar-refractivity contribution is 0.0603. The Morgan fingerprint density at radius 3 is 2.74 bits per heavy atom. The van der Waals surface area contributed by atoms with Gasteiger partial charge in [0.05, 0.1) is 12.7 Å². The summed E-state index contributed by atoms with van der Waals surface area (Å²) in [6.45, 7) is 2.78. The van der Waals surface area contributed by atoms with Crippen molar-refractivity contribution in [2.75, 3.05) is 13.2 Å². The van der Waals surface area contributed by atoms with Crippen LogP contribution >= 0.6 is 0 Å². The molecule has 0 aliphatic heterocycles. The molecule has 0 radical (unpaired) electrons. The van der Waals surface area contributed by atoms with Gasteiger partial charge in [0.25, 0.3) is 0 Å². The highest BCUT2D eigenvalue weighted by Gasteiger charge is 2.23. The molecule has 0 unspecified atom stereocenters. The Morgan fingerprint density at radius 2 is 1.95 bits per heavy atom. The molecule has 2 aliphatic rings. The molecule has 0 bridgehead atoms. The summed E-state index contributed by atoms with van der Waals surface area (Å²) in [5, 5.41) is 3.49. The van der Waals surface area contributed by atoms with Crippen molar-refractivity contribution in [3.05, 3.63) is 35.4 Å². The van der Waals surface area contributed by atoms with Crippen LogP contribution in [0.15, 0.2) is 24.3 Å². The minimum Gasteiger partial charge on any atom is -0.377 e. The lowest BCUT2D eigenvalue weighted by atomic mass is 10.1. The van der Waals surface area contributed by atoms with Gasteiger partial charge in [0.2, 0.25) is 0 Å². The van der Waals surface area contributed by atoms with E-state index < -0.39 is 0 Å². The van der Waals surface area contributed by atoms with E-state index in [2.05, 4.69) is 29.6 Å². The maximum Gasteiger partial charge on any atom is 0.0594 e. The van der Waals surface area contributed by atoms with Crippen molar-refractivity contribution < 1.29 is 4.74 Å². The van der Waals surface area contributed by atoms with Crippen molar-refractivity contribution in [1.82, 2.24) is 5.32 Å². The Labute approximate surface area is 116 Å². The minimum absolute atomic E-state index is 0.542. The number of nitrogens with one attached hydrogen (secondary N) is 1. The normalized spacial score (nSPS) is 20.0. The van der Waals surface area contributed by atoms with Gasteiger partial charge >= 0.3 is 0 Å². The maximum absolute atomic E-state index is 5.85. The predicted octanol–water partition coefficient (Wildman–Crippen LogP) is 3.61. The fourth-order valence-electron chi connectivity index (χ4n) is 2.96. The fourth-order valence-corrected chi connectivity index (χ4v) is 2.96. The van der Waals surface area contributed by atoms with E-state index in [1.54, 1.807) is 0 Å². The monoisotopic (exact) mass is 259 g/mol. The molecule has 19 heavy (non-hydrogen) atoms.